The second-order valence-corrected chi connectivity index (χ2v) is 41.7. The van der Waals surface area contributed by atoms with E-state index in [1.54, 1.807) is 0 Å². The summed E-state index contributed by atoms with van der Waals surface area (Å²) in [7, 11) is 0. The minimum atomic E-state index is -0.111. The molecular formula is C115H137N5O10. The van der Waals surface area contributed by atoms with Crippen molar-refractivity contribution in [2.45, 2.75) is 294 Å². The minimum absolute atomic E-state index is 0.0188. The second kappa shape index (κ2) is 39.5. The number of hydrogen-bond acceptors (Lipinski definition) is 10. The van der Waals surface area contributed by atoms with E-state index < -0.39 is 0 Å². The molecule has 23 rings (SSSR count). The highest BCUT2D eigenvalue weighted by Gasteiger charge is 2.53. The van der Waals surface area contributed by atoms with Gasteiger partial charge in [0.25, 0.3) is 0 Å². The van der Waals surface area contributed by atoms with Crippen LogP contribution in [0.4, 0.5) is 22.7 Å². The Morgan fingerprint density at radius 1 is 0.292 bits per heavy atom. The summed E-state index contributed by atoms with van der Waals surface area (Å²) >= 11 is 0. The largest absolute Gasteiger partial charge is 0.366 e. The number of carbonyl (C=O) groups excluding carboxylic acids is 5. The quantitative estimate of drug-likeness (QED) is 0.0660. The first-order valence-corrected chi connectivity index (χ1v) is 49.5. The SMILES string of the molecule is Cc1ccc(NC(=O)C(C)C2CCC3(CC2)OCc2ccccc23)cc1.Cc1ccc(NC(=O)C(C)C2CCC3(CC2)OCc2ccccc23)cc1.Cc1ccc(NC(=O)CC2CCC3(CC2)OCc2ccccc23)cc1.Cc1ccc(NC(=O)CC2CCC3(CC2)OCc2ccccc23)cc1.O=C(CC1CCC2(CC1)OCc1ccccc12)NC12CC3CC(CC(C3)C1)C2. The summed E-state index contributed by atoms with van der Waals surface area (Å²) in [6.45, 7) is 16.0. The van der Waals surface area contributed by atoms with E-state index in [2.05, 4.69) is 176 Å². The van der Waals surface area contributed by atoms with Crippen molar-refractivity contribution in [3.8, 4) is 0 Å². The Labute approximate surface area is 771 Å². The van der Waals surface area contributed by atoms with Gasteiger partial charge in [0, 0.05) is 59.4 Å². The monoisotopic (exact) mass is 1750 g/mol. The Morgan fingerprint density at radius 2 is 0.515 bits per heavy atom. The molecule has 9 saturated carbocycles. The highest BCUT2D eigenvalue weighted by atomic mass is 16.5. The van der Waals surface area contributed by atoms with Gasteiger partial charge in [-0.1, -0.05) is 206 Å². The number of aryl methyl sites for hydroxylation is 4. The van der Waals surface area contributed by atoms with Crippen LogP contribution in [0.15, 0.2) is 218 Å². The third kappa shape index (κ3) is 20.5. The molecule has 130 heavy (non-hydrogen) atoms. The first-order chi connectivity index (χ1) is 63.0. The fraction of sp³-hybridized carbons (Fsp3) is 0.487. The van der Waals surface area contributed by atoms with Crippen LogP contribution in [-0.2, 0) is 109 Å². The number of benzene rings is 9. The van der Waals surface area contributed by atoms with Crippen molar-refractivity contribution < 1.29 is 47.7 Å². The Balaban J connectivity index is 0.000000109. The lowest BCUT2D eigenvalue weighted by Crippen LogP contribution is -2.60. The molecule has 5 N–H and O–H groups in total. The van der Waals surface area contributed by atoms with Crippen LogP contribution < -0.4 is 26.6 Å². The minimum Gasteiger partial charge on any atom is -0.366 e. The lowest BCUT2D eigenvalue weighted by Gasteiger charge is -2.57. The van der Waals surface area contributed by atoms with E-state index in [4.69, 9.17) is 23.7 Å². The van der Waals surface area contributed by atoms with Gasteiger partial charge in [0.05, 0.1) is 61.0 Å². The maximum atomic E-state index is 13.0. The van der Waals surface area contributed by atoms with Crippen LogP contribution in [0.3, 0.4) is 0 Å². The Bertz CT molecular complexity index is 5120. The predicted molar refractivity (Wildman–Crippen MR) is 515 cm³/mol. The zero-order valence-corrected chi connectivity index (χ0v) is 77.7. The number of anilines is 4. The predicted octanol–water partition coefficient (Wildman–Crippen LogP) is 25.3. The first kappa shape index (κ1) is 90.7. The van der Waals surface area contributed by atoms with Gasteiger partial charge in [-0.25, -0.2) is 0 Å². The van der Waals surface area contributed by atoms with Crippen LogP contribution in [0.5, 0.6) is 0 Å². The number of hydrogen-bond donors (Lipinski definition) is 5. The van der Waals surface area contributed by atoms with Gasteiger partial charge in [0.1, 0.15) is 0 Å². The fourth-order valence-corrected chi connectivity index (χ4v) is 25.6. The van der Waals surface area contributed by atoms with Crippen molar-refractivity contribution in [3.05, 3.63) is 296 Å². The summed E-state index contributed by atoms with van der Waals surface area (Å²) in [5, 5.41) is 15.8. The summed E-state index contributed by atoms with van der Waals surface area (Å²) in [6, 6.07) is 75.0. The molecule has 15 nitrogen and oxygen atoms in total. The Morgan fingerprint density at radius 3 is 0.769 bits per heavy atom. The molecule has 5 aliphatic heterocycles. The number of fused-ring (bicyclic) bond motifs is 10. The lowest BCUT2D eigenvalue weighted by molar-refractivity contribution is -0.129. The van der Waals surface area contributed by atoms with E-state index in [-0.39, 0.29) is 69.0 Å². The number of ether oxygens (including phenoxy) is 5. The summed E-state index contributed by atoms with van der Waals surface area (Å²) in [5.41, 5.74) is 21.6. The molecule has 2 atom stereocenters. The van der Waals surface area contributed by atoms with Crippen molar-refractivity contribution in [2.75, 3.05) is 21.3 Å². The molecule has 0 saturated heterocycles. The van der Waals surface area contributed by atoms with Gasteiger partial charge in [-0.3, -0.25) is 24.0 Å². The summed E-state index contributed by atoms with van der Waals surface area (Å²) in [5.74, 6) is 5.80. The van der Waals surface area contributed by atoms with Gasteiger partial charge in [0.2, 0.25) is 29.5 Å². The van der Waals surface area contributed by atoms with Crippen LogP contribution in [0.25, 0.3) is 0 Å². The van der Waals surface area contributed by atoms with Crippen molar-refractivity contribution in [2.24, 2.45) is 59.2 Å². The standard InChI is InChI=1S/C25H33NO2.2C23H27NO2.2C22H25NO2/c27-23(26-24-13-18-9-19(14-24)11-20(10-18)15-24)12-17-5-7-25(8-6-17)22-4-2-1-3-21(22)16-28-25;2*1-16-7-9-20(10-8-16)24-22(25)17(2)18-11-13-23(14-12-18)21-6-4-3-5-19(21)15-26-23;2*1-16-6-8-19(9-7-16)23-21(24)14-17-10-12-22(13-11-17)20-5-3-2-4-18(20)15-25-22/h1-4,17-20H,5-16H2,(H,26,27);2*3-10,17-18H,11-15H2,1-2H3,(H,24,25);2*2-9,17H,10-15H2,1H3,(H,23,24). The molecule has 14 aliphatic rings. The van der Waals surface area contributed by atoms with Crippen LogP contribution in [-0.4, -0.2) is 35.1 Å². The molecule has 5 amide bonds. The molecule has 0 aromatic heterocycles. The molecule has 0 radical (unpaired) electrons. The van der Waals surface area contributed by atoms with E-state index in [9.17, 15) is 24.0 Å². The van der Waals surface area contributed by atoms with Gasteiger partial charge < -0.3 is 50.3 Å². The average Bonchev–Trinajstić information content (AvgIpc) is 1.41. The van der Waals surface area contributed by atoms with Gasteiger partial charge in [0.15, 0.2) is 0 Å². The van der Waals surface area contributed by atoms with Gasteiger partial charge >= 0.3 is 0 Å². The van der Waals surface area contributed by atoms with Crippen molar-refractivity contribution >= 4 is 52.3 Å². The van der Waals surface area contributed by atoms with Crippen LogP contribution in [0, 0.1) is 86.9 Å². The smallest absolute Gasteiger partial charge is 0.227 e. The molecule has 4 bridgehead atoms. The molecular weight excluding hydrogens is 1610 g/mol. The zero-order chi connectivity index (χ0) is 89.6. The highest BCUT2D eigenvalue weighted by Crippen LogP contribution is 2.58. The average molecular weight is 1750 g/mol. The van der Waals surface area contributed by atoms with Gasteiger partial charge in [-0.2, -0.15) is 0 Å². The maximum Gasteiger partial charge on any atom is 0.227 e. The van der Waals surface area contributed by atoms with E-state index in [0.29, 0.717) is 48.3 Å². The summed E-state index contributed by atoms with van der Waals surface area (Å²) in [6.07, 6.45) is 30.8. The molecule has 5 spiro atoms. The highest BCUT2D eigenvalue weighted by molar-refractivity contribution is 5.94. The fourth-order valence-electron chi connectivity index (χ4n) is 25.6. The second-order valence-electron chi connectivity index (χ2n) is 41.7. The Kier molecular flexibility index (Phi) is 27.6. The topological polar surface area (TPSA) is 192 Å². The van der Waals surface area contributed by atoms with E-state index >= 15 is 0 Å². The molecule has 9 aromatic rings. The van der Waals surface area contributed by atoms with Gasteiger partial charge in [-0.05, 0) is 346 Å². The number of carbonyl (C=O) groups is 5. The van der Waals surface area contributed by atoms with Gasteiger partial charge in [-0.15, -0.1) is 0 Å². The van der Waals surface area contributed by atoms with Crippen molar-refractivity contribution in [1.82, 2.24) is 5.32 Å². The van der Waals surface area contributed by atoms with Crippen molar-refractivity contribution in [1.29, 1.82) is 0 Å². The summed E-state index contributed by atoms with van der Waals surface area (Å²) in [4.78, 5) is 63.0. The van der Waals surface area contributed by atoms with Crippen molar-refractivity contribution in [3.63, 3.8) is 0 Å². The molecule has 2 unspecified atom stereocenters. The molecule has 9 aromatic carbocycles. The normalized spacial score (nSPS) is 29.2. The zero-order valence-electron chi connectivity index (χ0n) is 77.7. The molecule has 15 heteroatoms. The van der Waals surface area contributed by atoms with Crippen LogP contribution in [0.2, 0.25) is 0 Å². The number of rotatable bonds is 15. The molecule has 9 aliphatic carbocycles. The number of amides is 5. The molecule has 5 heterocycles. The first-order valence-electron chi connectivity index (χ1n) is 49.5. The Hall–Kier alpha value is -9.87. The summed E-state index contributed by atoms with van der Waals surface area (Å²) < 4.78 is 31.2. The molecule has 682 valence electrons. The maximum absolute atomic E-state index is 13.0. The lowest BCUT2D eigenvalue weighted by atomic mass is 9.53. The number of nitrogens with one attached hydrogen (secondary N) is 5. The third-order valence-electron chi connectivity index (χ3n) is 32.9. The van der Waals surface area contributed by atoms with E-state index in [1.165, 1.54) is 116 Å². The van der Waals surface area contributed by atoms with Crippen LogP contribution in [0.1, 0.15) is 278 Å². The third-order valence-corrected chi connectivity index (χ3v) is 32.9. The van der Waals surface area contributed by atoms with Crippen LogP contribution >= 0.6 is 0 Å². The molecule has 9 fully saturated rings. The van der Waals surface area contributed by atoms with E-state index in [1.807, 2.05) is 111 Å². The van der Waals surface area contributed by atoms with E-state index in [0.717, 1.165) is 208 Å².